The lowest BCUT2D eigenvalue weighted by Crippen LogP contribution is -2.41. The van der Waals surface area contributed by atoms with Crippen LogP contribution in [0.25, 0.3) is 0 Å². The molecule has 1 atom stereocenters. The van der Waals surface area contributed by atoms with E-state index in [0.717, 1.165) is 19.6 Å². The first-order valence-corrected chi connectivity index (χ1v) is 7.51. The molecular formula is C14H18N4S. The van der Waals surface area contributed by atoms with Crippen LogP contribution in [0.1, 0.15) is 17.4 Å². The lowest BCUT2D eigenvalue weighted by molar-refractivity contribution is 0.200. The molecule has 19 heavy (non-hydrogen) atoms. The first-order valence-electron chi connectivity index (χ1n) is 6.63. The highest BCUT2D eigenvalue weighted by atomic mass is 32.1. The third kappa shape index (κ3) is 2.93. The molecule has 0 aliphatic carbocycles. The van der Waals surface area contributed by atoms with Crippen LogP contribution in [-0.2, 0) is 13.0 Å². The fraction of sp³-hybridized carbons (Fsp3) is 0.429. The number of rotatable bonds is 4. The molecule has 0 amide bonds. The zero-order valence-electron chi connectivity index (χ0n) is 11.0. The summed E-state index contributed by atoms with van der Waals surface area (Å²) in [6.07, 6.45) is 4.70. The third-order valence-corrected chi connectivity index (χ3v) is 4.60. The van der Waals surface area contributed by atoms with Crippen LogP contribution in [0.5, 0.6) is 0 Å². The van der Waals surface area contributed by atoms with Crippen LogP contribution in [0.3, 0.4) is 0 Å². The van der Waals surface area contributed by atoms with Gasteiger partial charge in [-0.25, -0.2) is 9.97 Å². The van der Waals surface area contributed by atoms with E-state index < -0.39 is 0 Å². The van der Waals surface area contributed by atoms with Gasteiger partial charge in [-0.1, -0.05) is 0 Å². The Balaban J connectivity index is 1.55. The summed E-state index contributed by atoms with van der Waals surface area (Å²) in [5, 5.41) is 5.50. The monoisotopic (exact) mass is 274 g/mol. The van der Waals surface area contributed by atoms with Crippen molar-refractivity contribution in [3.8, 4) is 0 Å². The Morgan fingerprint density at radius 3 is 3.11 bits per heavy atom. The van der Waals surface area contributed by atoms with Crippen LogP contribution >= 0.6 is 11.3 Å². The number of nitrogens with zero attached hydrogens (tertiary/aromatic N) is 3. The molecule has 0 aromatic carbocycles. The Bertz CT molecular complexity index is 525. The summed E-state index contributed by atoms with van der Waals surface area (Å²) >= 11 is 1.89. The van der Waals surface area contributed by atoms with Gasteiger partial charge in [-0.3, -0.25) is 4.90 Å². The standard InChI is InChI=1S/C14H18N4S/c1-11(9-17-14-15-5-2-6-16-14)18-7-3-13-12(10-18)4-8-19-13/h2,4-6,8,11H,3,7,9-10H2,1H3,(H,15,16,17). The Hall–Kier alpha value is -1.46. The van der Waals surface area contributed by atoms with Crippen LogP contribution in [0, 0.1) is 0 Å². The fourth-order valence-corrected chi connectivity index (χ4v) is 3.29. The minimum Gasteiger partial charge on any atom is -0.353 e. The summed E-state index contributed by atoms with van der Waals surface area (Å²) < 4.78 is 0. The molecule has 1 aliphatic rings. The summed E-state index contributed by atoms with van der Waals surface area (Å²) in [4.78, 5) is 12.4. The van der Waals surface area contributed by atoms with Gasteiger partial charge in [-0.15, -0.1) is 11.3 Å². The normalized spacial score (nSPS) is 16.9. The summed E-state index contributed by atoms with van der Waals surface area (Å²) in [6, 6.07) is 4.57. The maximum Gasteiger partial charge on any atom is 0.222 e. The van der Waals surface area contributed by atoms with Gasteiger partial charge in [0.25, 0.3) is 0 Å². The van der Waals surface area contributed by atoms with E-state index in [-0.39, 0.29) is 0 Å². The number of hydrogen-bond donors (Lipinski definition) is 1. The topological polar surface area (TPSA) is 41.1 Å². The molecule has 2 aromatic rings. The van der Waals surface area contributed by atoms with E-state index in [0.29, 0.717) is 12.0 Å². The van der Waals surface area contributed by atoms with Crippen molar-refractivity contribution < 1.29 is 0 Å². The van der Waals surface area contributed by atoms with E-state index in [1.54, 1.807) is 17.3 Å². The Morgan fingerprint density at radius 1 is 1.42 bits per heavy atom. The van der Waals surface area contributed by atoms with Crippen LogP contribution in [-0.4, -0.2) is 34.0 Å². The highest BCUT2D eigenvalue weighted by molar-refractivity contribution is 7.10. The van der Waals surface area contributed by atoms with Gasteiger partial charge >= 0.3 is 0 Å². The molecule has 1 unspecified atom stereocenters. The molecule has 3 heterocycles. The maximum atomic E-state index is 4.18. The predicted octanol–water partition coefficient (Wildman–Crippen LogP) is 2.40. The van der Waals surface area contributed by atoms with Gasteiger partial charge in [0, 0.05) is 42.9 Å². The van der Waals surface area contributed by atoms with E-state index in [4.69, 9.17) is 0 Å². The first-order chi connectivity index (χ1) is 9.33. The second-order valence-corrected chi connectivity index (χ2v) is 5.89. The fourth-order valence-electron chi connectivity index (χ4n) is 2.40. The first kappa shape index (κ1) is 12.6. The van der Waals surface area contributed by atoms with Crippen molar-refractivity contribution in [3.63, 3.8) is 0 Å². The lowest BCUT2D eigenvalue weighted by Gasteiger charge is -2.32. The number of nitrogens with one attached hydrogen (secondary N) is 1. The van der Waals surface area contributed by atoms with Crippen LogP contribution in [0.2, 0.25) is 0 Å². The Kier molecular flexibility index (Phi) is 3.75. The second kappa shape index (κ2) is 5.67. The highest BCUT2D eigenvalue weighted by Crippen LogP contribution is 2.25. The molecular weight excluding hydrogens is 256 g/mol. The Labute approximate surface area is 117 Å². The number of aromatic nitrogens is 2. The Morgan fingerprint density at radius 2 is 2.26 bits per heavy atom. The number of thiophene rings is 1. The lowest BCUT2D eigenvalue weighted by atomic mass is 10.1. The smallest absolute Gasteiger partial charge is 0.222 e. The molecule has 0 fully saturated rings. The summed E-state index contributed by atoms with van der Waals surface area (Å²) in [5.74, 6) is 0.711. The van der Waals surface area contributed by atoms with Crippen LogP contribution in [0.4, 0.5) is 5.95 Å². The van der Waals surface area contributed by atoms with Gasteiger partial charge in [0.1, 0.15) is 0 Å². The molecule has 0 spiro atoms. The average molecular weight is 274 g/mol. The predicted molar refractivity (Wildman–Crippen MR) is 78.4 cm³/mol. The zero-order chi connectivity index (χ0) is 13.1. The van der Waals surface area contributed by atoms with Gasteiger partial charge in [0.05, 0.1) is 0 Å². The van der Waals surface area contributed by atoms with Gasteiger partial charge in [0.2, 0.25) is 5.95 Å². The van der Waals surface area contributed by atoms with Gasteiger partial charge in [-0.05, 0) is 36.4 Å². The molecule has 0 radical (unpaired) electrons. The summed E-state index contributed by atoms with van der Waals surface area (Å²) in [6.45, 7) is 5.35. The van der Waals surface area contributed by atoms with Crippen molar-refractivity contribution in [3.05, 3.63) is 40.3 Å². The number of hydrogen-bond acceptors (Lipinski definition) is 5. The maximum absolute atomic E-state index is 4.18. The van der Waals surface area contributed by atoms with Gasteiger partial charge in [0.15, 0.2) is 0 Å². The van der Waals surface area contributed by atoms with Crippen LogP contribution < -0.4 is 5.32 Å². The van der Waals surface area contributed by atoms with Gasteiger partial charge < -0.3 is 5.32 Å². The second-order valence-electron chi connectivity index (χ2n) is 4.89. The minimum atomic E-state index is 0.483. The van der Waals surface area contributed by atoms with E-state index in [1.807, 2.05) is 17.4 Å². The molecule has 1 N–H and O–H groups in total. The molecule has 4 nitrogen and oxygen atoms in total. The third-order valence-electron chi connectivity index (χ3n) is 3.58. The minimum absolute atomic E-state index is 0.483. The highest BCUT2D eigenvalue weighted by Gasteiger charge is 2.21. The average Bonchev–Trinajstić information content (AvgIpc) is 2.93. The van der Waals surface area contributed by atoms with E-state index in [2.05, 4.69) is 38.6 Å². The van der Waals surface area contributed by atoms with E-state index >= 15 is 0 Å². The molecule has 2 aromatic heterocycles. The largest absolute Gasteiger partial charge is 0.353 e. The molecule has 100 valence electrons. The van der Waals surface area contributed by atoms with Crippen LogP contribution in [0.15, 0.2) is 29.9 Å². The zero-order valence-corrected chi connectivity index (χ0v) is 11.9. The summed E-state index contributed by atoms with van der Waals surface area (Å²) in [7, 11) is 0. The van der Waals surface area contributed by atoms with E-state index in [1.165, 1.54) is 12.0 Å². The quantitative estimate of drug-likeness (QED) is 0.929. The molecule has 5 heteroatoms. The van der Waals surface area contributed by atoms with Crippen molar-refractivity contribution in [2.24, 2.45) is 0 Å². The van der Waals surface area contributed by atoms with E-state index in [9.17, 15) is 0 Å². The van der Waals surface area contributed by atoms with Crippen molar-refractivity contribution in [1.82, 2.24) is 14.9 Å². The van der Waals surface area contributed by atoms with Gasteiger partial charge in [-0.2, -0.15) is 0 Å². The SMILES string of the molecule is CC(CNc1ncccn1)N1CCc2sccc2C1. The summed E-state index contributed by atoms with van der Waals surface area (Å²) in [5.41, 5.74) is 1.50. The molecule has 3 rings (SSSR count). The van der Waals surface area contributed by atoms with Crippen molar-refractivity contribution in [2.45, 2.75) is 25.9 Å². The number of fused-ring (bicyclic) bond motifs is 1. The molecule has 0 saturated carbocycles. The molecule has 0 saturated heterocycles. The van der Waals surface area contributed by atoms with Crippen molar-refractivity contribution >= 4 is 17.3 Å². The number of anilines is 1. The van der Waals surface area contributed by atoms with Crippen molar-refractivity contribution in [2.75, 3.05) is 18.4 Å². The van der Waals surface area contributed by atoms with Crippen molar-refractivity contribution in [1.29, 1.82) is 0 Å². The molecule has 0 bridgehead atoms. The molecule has 1 aliphatic heterocycles.